The standard InChI is InChI=1S/C44H51N7O17/c1-18(2)35(49-43(63)51-28(54)10-11-29(51)55)41(61)48-24(8-6-12-46-42(45)62)40(60)50-68-44(64)47-21-13-19(3)66-30(16-21)67-27-15-20(25(53)17-52)14-23-32(27)39(59)34-33(37(23)57)36(56)22-7-5-9-26(65-4)31(22)38(34)58/h5,7,9-11,18-20,24,27,30,35,43,49,52,57,59,63H,6,8,12-17H2,1-4H3,(H,48,61)(H,50,60)(H3,45,46,62)/t19?,20?,24-,27-,30-,35-,43?/m0/s1. The fourth-order valence-corrected chi connectivity index (χ4v) is 8.52. The molecule has 7 amide bonds. The lowest BCUT2D eigenvalue weighted by atomic mass is 9.73. The molecule has 0 saturated carbocycles. The van der Waals surface area contributed by atoms with Gasteiger partial charge in [0.2, 0.25) is 11.7 Å². The molecule has 10 N–H and O–H groups in total. The van der Waals surface area contributed by atoms with Gasteiger partial charge in [0.05, 0.1) is 42.0 Å². The van der Waals surface area contributed by atoms with Crippen molar-refractivity contribution in [2.45, 2.75) is 96.2 Å². The molecule has 6 rings (SSSR count). The quantitative estimate of drug-likeness (QED) is 0.0299. The highest BCUT2D eigenvalue weighted by molar-refractivity contribution is 6.31. The molecule has 2 aliphatic carbocycles. The molecule has 0 aromatic heterocycles. The molecular weight excluding hydrogens is 899 g/mol. The van der Waals surface area contributed by atoms with Crippen molar-refractivity contribution in [2.24, 2.45) is 22.6 Å². The number of nitrogens with one attached hydrogen (secondary N) is 4. The van der Waals surface area contributed by atoms with Crippen LogP contribution in [0.5, 0.6) is 17.2 Å². The number of amides is 7. The van der Waals surface area contributed by atoms with Crippen molar-refractivity contribution in [3.63, 3.8) is 0 Å². The monoisotopic (exact) mass is 949 g/mol. The molecule has 1 saturated heterocycles. The van der Waals surface area contributed by atoms with Crippen LogP contribution in [0, 0.1) is 11.8 Å². The first-order valence-corrected chi connectivity index (χ1v) is 21.5. The van der Waals surface area contributed by atoms with Crippen LogP contribution in [-0.2, 0) is 44.7 Å². The van der Waals surface area contributed by atoms with Crippen LogP contribution in [0.15, 0.2) is 35.3 Å². The molecular formula is C44H51N7O17. The number of fused-ring (bicyclic) bond motifs is 3. The number of hydroxylamine groups is 1. The second kappa shape index (κ2) is 21.2. The Balaban J connectivity index is 1.17. The average molecular weight is 950 g/mol. The molecule has 2 aromatic rings. The van der Waals surface area contributed by atoms with Gasteiger partial charge < -0.3 is 55.8 Å². The van der Waals surface area contributed by atoms with Gasteiger partial charge >= 0.3 is 12.1 Å². The number of imide groups is 1. The lowest BCUT2D eigenvalue weighted by Crippen LogP contribution is -2.60. The number of nitrogens with zero attached hydrogens (tertiary/aromatic N) is 2. The summed E-state index contributed by atoms with van der Waals surface area (Å²) in [5.41, 5.74) is 5.88. The number of ether oxygens (including phenoxy) is 3. The molecule has 2 heterocycles. The number of phenolic OH excluding ortho intramolecular Hbond substituents is 2. The van der Waals surface area contributed by atoms with E-state index in [-0.39, 0.29) is 78.8 Å². The summed E-state index contributed by atoms with van der Waals surface area (Å²) < 4.78 is 17.6. The minimum Gasteiger partial charge on any atom is -0.507 e. The van der Waals surface area contributed by atoms with Crippen LogP contribution in [0.1, 0.15) is 102 Å². The maximum Gasteiger partial charge on any atom is 0.457 e. The van der Waals surface area contributed by atoms with Crippen LogP contribution in [0.2, 0.25) is 0 Å². The number of methoxy groups -OCH3 is 1. The summed E-state index contributed by atoms with van der Waals surface area (Å²) in [6.07, 6.45) is -5.18. The highest BCUT2D eigenvalue weighted by Crippen LogP contribution is 2.51. The minimum absolute atomic E-state index is 0.0158. The third-order valence-electron chi connectivity index (χ3n) is 11.7. The Morgan fingerprint density at radius 1 is 0.956 bits per heavy atom. The van der Waals surface area contributed by atoms with Gasteiger partial charge in [-0.2, -0.15) is 10.5 Å². The van der Waals surface area contributed by atoms with E-state index in [1.165, 1.54) is 25.3 Å². The summed E-state index contributed by atoms with van der Waals surface area (Å²) in [5, 5.41) is 51.2. The maximum absolute atomic E-state index is 14.0. The first kappa shape index (κ1) is 50.3. The molecule has 2 aliphatic heterocycles. The van der Waals surface area contributed by atoms with Gasteiger partial charge in [-0.1, -0.05) is 26.0 Å². The van der Waals surface area contributed by atoms with Gasteiger partial charge in [-0.05, 0) is 44.6 Å². The zero-order valence-electron chi connectivity index (χ0n) is 37.2. The van der Waals surface area contributed by atoms with E-state index in [2.05, 4.69) is 20.9 Å². The van der Waals surface area contributed by atoms with Crippen molar-refractivity contribution < 1.29 is 82.6 Å². The number of phenols is 2. The minimum atomic E-state index is -1.91. The van der Waals surface area contributed by atoms with E-state index in [1.54, 1.807) is 20.8 Å². The number of benzene rings is 2. The predicted molar refractivity (Wildman–Crippen MR) is 231 cm³/mol. The van der Waals surface area contributed by atoms with Crippen molar-refractivity contribution in [1.82, 2.24) is 26.3 Å². The molecule has 0 spiro atoms. The molecule has 3 unspecified atom stereocenters. The first-order chi connectivity index (χ1) is 32.2. The number of aliphatic hydroxyl groups excluding tert-OH is 2. The van der Waals surface area contributed by atoms with Crippen molar-refractivity contribution in [2.75, 3.05) is 20.3 Å². The van der Waals surface area contributed by atoms with Crippen molar-refractivity contribution in [1.29, 1.82) is 0 Å². The highest BCUT2D eigenvalue weighted by Gasteiger charge is 2.45. The Morgan fingerprint density at radius 2 is 1.65 bits per heavy atom. The summed E-state index contributed by atoms with van der Waals surface area (Å²) in [5.74, 6) is -8.61. The van der Waals surface area contributed by atoms with Crippen LogP contribution < -0.4 is 31.9 Å². The van der Waals surface area contributed by atoms with Gasteiger partial charge in [0, 0.05) is 59.9 Å². The van der Waals surface area contributed by atoms with E-state index < -0.39 is 131 Å². The molecule has 4 aliphatic rings. The number of urea groups is 1. The second-order valence-corrected chi connectivity index (χ2v) is 16.7. The topological polar surface area (TPSA) is 361 Å². The number of ketones is 3. The van der Waals surface area contributed by atoms with Gasteiger partial charge in [-0.25, -0.2) is 14.5 Å². The van der Waals surface area contributed by atoms with E-state index in [0.29, 0.717) is 4.90 Å². The molecule has 24 heteroatoms. The Kier molecular flexibility index (Phi) is 15.7. The smallest absolute Gasteiger partial charge is 0.457 e. The van der Waals surface area contributed by atoms with Crippen LogP contribution in [-0.4, -0.2) is 135 Å². The third kappa shape index (κ3) is 10.7. The second-order valence-electron chi connectivity index (χ2n) is 16.7. The van der Waals surface area contributed by atoms with Gasteiger partial charge in [-0.15, -0.1) is 0 Å². The van der Waals surface area contributed by atoms with Crippen LogP contribution in [0.4, 0.5) is 9.59 Å². The van der Waals surface area contributed by atoms with Crippen molar-refractivity contribution >= 4 is 58.8 Å². The summed E-state index contributed by atoms with van der Waals surface area (Å²) >= 11 is 0. The van der Waals surface area contributed by atoms with E-state index in [0.717, 1.165) is 12.2 Å². The number of nitrogens with two attached hydrogens (primary N) is 1. The van der Waals surface area contributed by atoms with Crippen LogP contribution in [0.3, 0.4) is 0 Å². The molecule has 68 heavy (non-hydrogen) atoms. The number of primary amides is 1. The van der Waals surface area contributed by atoms with Crippen molar-refractivity contribution in [3.05, 3.63) is 63.7 Å². The largest absolute Gasteiger partial charge is 0.507 e. The Labute approximate surface area is 387 Å². The van der Waals surface area contributed by atoms with Gasteiger partial charge in [0.15, 0.2) is 24.2 Å². The number of Topliss-reactive ketones (excluding diaryl/α,β-unsaturated/α-hetero) is 1. The number of hydrogen-bond acceptors (Lipinski definition) is 18. The molecule has 7 atom stereocenters. The lowest BCUT2D eigenvalue weighted by molar-refractivity contribution is -0.199. The lowest BCUT2D eigenvalue weighted by Gasteiger charge is -2.37. The first-order valence-electron chi connectivity index (χ1n) is 21.5. The molecule has 1 fully saturated rings. The average Bonchev–Trinajstić information content (AvgIpc) is 3.63. The highest BCUT2D eigenvalue weighted by atomic mass is 16.7. The Morgan fingerprint density at radius 3 is 2.29 bits per heavy atom. The van der Waals surface area contributed by atoms with E-state index in [1.807, 2.05) is 5.48 Å². The molecule has 364 valence electrons. The normalized spacial score (nSPS) is 21.6. The zero-order valence-corrected chi connectivity index (χ0v) is 37.2. The van der Waals surface area contributed by atoms with E-state index >= 15 is 0 Å². The Bertz CT molecular complexity index is 2470. The van der Waals surface area contributed by atoms with Gasteiger partial charge in [0.1, 0.15) is 29.9 Å². The summed E-state index contributed by atoms with van der Waals surface area (Å²) in [7, 11) is 1.30. The fraction of sp³-hybridized carbons (Fsp3) is 0.455. The van der Waals surface area contributed by atoms with Crippen LogP contribution >= 0.6 is 0 Å². The zero-order chi connectivity index (χ0) is 49.7. The van der Waals surface area contributed by atoms with E-state index in [9.17, 15) is 63.6 Å². The number of aliphatic hydroxyl groups is 2. The third-order valence-corrected chi connectivity index (χ3v) is 11.7. The number of rotatable bonds is 16. The number of carbonyl (C=O) groups is 9. The number of aromatic hydroxyl groups is 2. The van der Waals surface area contributed by atoms with Gasteiger partial charge in [0.25, 0.3) is 17.7 Å². The molecule has 2 aromatic carbocycles. The van der Waals surface area contributed by atoms with Crippen molar-refractivity contribution in [3.8, 4) is 17.2 Å². The predicted octanol–water partition coefficient (Wildman–Crippen LogP) is -0.0545. The number of hydrogen-bond donors (Lipinski definition) is 9. The molecule has 0 bridgehead atoms. The van der Waals surface area contributed by atoms with Crippen LogP contribution in [0.25, 0.3) is 0 Å². The van der Waals surface area contributed by atoms with Gasteiger partial charge in [-0.3, -0.25) is 38.9 Å². The molecule has 24 nitrogen and oxygen atoms in total. The summed E-state index contributed by atoms with van der Waals surface area (Å²) in [6, 6.07) is 0.765. The fourth-order valence-electron chi connectivity index (χ4n) is 8.52. The molecule has 0 radical (unpaired) electrons. The summed E-state index contributed by atoms with van der Waals surface area (Å²) in [4.78, 5) is 125. The van der Waals surface area contributed by atoms with E-state index in [4.69, 9.17) is 24.8 Å². The maximum atomic E-state index is 14.0. The summed E-state index contributed by atoms with van der Waals surface area (Å²) in [6.45, 7) is 3.91. The number of carbonyl (C=O) groups excluding carboxylic acids is 9. The number of aliphatic imine (C=N–C) groups is 1. The SMILES string of the molecule is COc1cccc2c1C(=O)c1c(O)c3c(c(O)c1C2=O)CC(C(=O)CO)C[C@@H]3O[C@H]1CC(=NC(=O)ONC(=O)[C@H](CCCNC(N)=O)NC(=O)[C@@H](NC(O)N2C(=O)C=CC2=O)C(C)C)CC(C)O1. The Hall–Kier alpha value is -7.12.